The highest BCUT2D eigenvalue weighted by Crippen LogP contribution is 2.60. The van der Waals surface area contributed by atoms with E-state index in [4.69, 9.17) is 28.2 Å². The fourth-order valence-electron chi connectivity index (χ4n) is 3.77. The Kier molecular flexibility index (Phi) is 5.30. The predicted octanol–water partition coefficient (Wildman–Crippen LogP) is 6.56. The Morgan fingerprint density at radius 3 is 2.54 bits per heavy atom. The number of carbonyl (C=O) groups is 1. The maximum Gasteiger partial charge on any atom is 0.237 e. The summed E-state index contributed by atoms with van der Waals surface area (Å²) in [5.41, 5.74) is 2.68. The third-order valence-corrected chi connectivity index (χ3v) is 6.71. The van der Waals surface area contributed by atoms with E-state index in [1.807, 2.05) is 42.5 Å². The molecule has 0 N–H and O–H groups in total. The first-order chi connectivity index (χ1) is 13.4. The van der Waals surface area contributed by atoms with Gasteiger partial charge < -0.3 is 0 Å². The summed E-state index contributed by atoms with van der Waals surface area (Å²) in [6.45, 7) is 4.15. The van der Waals surface area contributed by atoms with Crippen LogP contribution in [0.2, 0.25) is 0 Å². The van der Waals surface area contributed by atoms with Crippen LogP contribution in [0.3, 0.4) is 0 Å². The molecular formula is C22H20Cl2N2OS. The molecule has 1 aliphatic carbocycles. The van der Waals surface area contributed by atoms with Crippen molar-refractivity contribution in [3.63, 3.8) is 0 Å². The standard InChI is InChI=1S/C22H20Cl2N2OS/c1-22(2)15(12-18(23)24)19(22)20(27)26-17-11-7-6-10-16(17)25-21(26)28-13-14-8-4-3-5-9-14/h3-12,15,19H,13H2,1-2H3/t15-,19-/m0/s1. The second kappa shape index (κ2) is 7.58. The van der Waals surface area contributed by atoms with Gasteiger partial charge in [-0.2, -0.15) is 0 Å². The van der Waals surface area contributed by atoms with Gasteiger partial charge in [-0.15, -0.1) is 0 Å². The highest BCUT2D eigenvalue weighted by molar-refractivity contribution is 7.98. The lowest BCUT2D eigenvalue weighted by atomic mass is 10.1. The molecule has 1 aromatic heterocycles. The van der Waals surface area contributed by atoms with Crippen molar-refractivity contribution in [3.05, 3.63) is 70.7 Å². The molecular weight excluding hydrogens is 411 g/mol. The van der Waals surface area contributed by atoms with Crippen molar-refractivity contribution in [2.75, 3.05) is 0 Å². The van der Waals surface area contributed by atoms with Crippen LogP contribution in [-0.4, -0.2) is 15.5 Å². The summed E-state index contributed by atoms with van der Waals surface area (Å²) in [7, 11) is 0. The van der Waals surface area contributed by atoms with Gasteiger partial charge >= 0.3 is 0 Å². The van der Waals surface area contributed by atoms with Gasteiger partial charge in [-0.25, -0.2) is 4.98 Å². The lowest BCUT2D eigenvalue weighted by molar-refractivity contribution is 0.0862. The number of allylic oxidation sites excluding steroid dienone is 1. The first-order valence-electron chi connectivity index (χ1n) is 9.11. The number of thioether (sulfide) groups is 1. The SMILES string of the molecule is CC1(C)[C@H](C(=O)n2c(SCc3ccccc3)nc3ccccc32)[C@@H]1C=C(Cl)Cl. The van der Waals surface area contributed by atoms with Crippen LogP contribution in [0.15, 0.2) is 70.3 Å². The van der Waals surface area contributed by atoms with Gasteiger partial charge in [-0.1, -0.05) is 91.3 Å². The van der Waals surface area contributed by atoms with E-state index >= 15 is 0 Å². The van der Waals surface area contributed by atoms with E-state index < -0.39 is 0 Å². The topological polar surface area (TPSA) is 34.9 Å². The highest BCUT2D eigenvalue weighted by atomic mass is 35.5. The number of nitrogens with zero attached hydrogens (tertiary/aromatic N) is 2. The molecule has 144 valence electrons. The van der Waals surface area contributed by atoms with E-state index in [1.54, 1.807) is 22.4 Å². The molecule has 0 unspecified atom stereocenters. The maximum absolute atomic E-state index is 13.5. The molecule has 6 heteroatoms. The number of hydrogen-bond donors (Lipinski definition) is 0. The summed E-state index contributed by atoms with van der Waals surface area (Å²) in [6, 6.07) is 18.0. The van der Waals surface area contributed by atoms with E-state index in [0.717, 1.165) is 21.9 Å². The molecule has 3 aromatic rings. The van der Waals surface area contributed by atoms with Gasteiger partial charge in [0.05, 0.1) is 17.0 Å². The molecule has 1 saturated carbocycles. The van der Waals surface area contributed by atoms with Crippen LogP contribution in [0.25, 0.3) is 11.0 Å². The Morgan fingerprint density at radius 1 is 1.14 bits per heavy atom. The fourth-order valence-corrected chi connectivity index (χ4v) is 5.01. The monoisotopic (exact) mass is 430 g/mol. The molecule has 1 heterocycles. The van der Waals surface area contributed by atoms with E-state index in [-0.39, 0.29) is 27.6 Å². The predicted molar refractivity (Wildman–Crippen MR) is 117 cm³/mol. The van der Waals surface area contributed by atoms with Gasteiger partial charge in [0.15, 0.2) is 5.16 Å². The number of fused-ring (bicyclic) bond motifs is 1. The number of halogens is 2. The molecule has 1 aliphatic rings. The van der Waals surface area contributed by atoms with Gasteiger partial charge in [0.1, 0.15) is 4.49 Å². The van der Waals surface area contributed by atoms with Crippen LogP contribution < -0.4 is 0 Å². The molecule has 0 amide bonds. The minimum absolute atomic E-state index is 0.0261. The van der Waals surface area contributed by atoms with Crippen LogP contribution >= 0.6 is 35.0 Å². The summed E-state index contributed by atoms with van der Waals surface area (Å²) < 4.78 is 1.98. The van der Waals surface area contributed by atoms with Crippen molar-refractivity contribution < 1.29 is 4.79 Å². The quantitative estimate of drug-likeness (QED) is 0.429. The number of aromatic nitrogens is 2. The molecule has 4 rings (SSSR count). The smallest absolute Gasteiger partial charge is 0.237 e. The molecule has 0 aliphatic heterocycles. The van der Waals surface area contributed by atoms with Crippen LogP contribution in [0.1, 0.15) is 24.2 Å². The van der Waals surface area contributed by atoms with Crippen molar-refractivity contribution in [1.82, 2.24) is 9.55 Å². The first kappa shape index (κ1) is 19.6. The van der Waals surface area contributed by atoms with Crippen molar-refractivity contribution in [2.45, 2.75) is 24.8 Å². The molecule has 28 heavy (non-hydrogen) atoms. The largest absolute Gasteiger partial charge is 0.274 e. The van der Waals surface area contributed by atoms with Crippen LogP contribution in [0.4, 0.5) is 0 Å². The Hall–Kier alpha value is -1.75. The van der Waals surface area contributed by atoms with E-state index in [2.05, 4.69) is 26.0 Å². The fraction of sp³-hybridized carbons (Fsp3) is 0.273. The average molecular weight is 431 g/mol. The average Bonchev–Trinajstić information content (AvgIpc) is 3.03. The molecule has 3 nitrogen and oxygen atoms in total. The summed E-state index contributed by atoms with van der Waals surface area (Å²) in [4.78, 5) is 18.2. The normalized spacial score (nSPS) is 20.1. The molecule has 0 spiro atoms. The Morgan fingerprint density at radius 2 is 1.82 bits per heavy atom. The Labute approximate surface area is 178 Å². The number of hydrogen-bond acceptors (Lipinski definition) is 3. The van der Waals surface area contributed by atoms with Crippen molar-refractivity contribution in [3.8, 4) is 0 Å². The minimum atomic E-state index is -0.182. The summed E-state index contributed by atoms with van der Waals surface area (Å²) in [5.74, 6) is 0.652. The lowest BCUT2D eigenvalue weighted by Gasteiger charge is -2.09. The summed E-state index contributed by atoms with van der Waals surface area (Å²) in [5, 5.41) is 0.720. The molecule has 2 aromatic carbocycles. The van der Waals surface area contributed by atoms with Crippen molar-refractivity contribution in [1.29, 1.82) is 0 Å². The van der Waals surface area contributed by atoms with E-state index in [0.29, 0.717) is 0 Å². The number of para-hydroxylation sites is 2. The van der Waals surface area contributed by atoms with Crippen LogP contribution in [0, 0.1) is 17.3 Å². The first-order valence-corrected chi connectivity index (χ1v) is 10.8. The molecule has 0 radical (unpaired) electrons. The maximum atomic E-state index is 13.5. The Balaban J connectivity index is 1.69. The number of imidazole rings is 1. The third-order valence-electron chi connectivity index (χ3n) is 5.44. The number of carbonyl (C=O) groups excluding carboxylic acids is 1. The zero-order valence-corrected chi connectivity index (χ0v) is 17.9. The zero-order valence-electron chi connectivity index (χ0n) is 15.6. The second-order valence-corrected chi connectivity index (χ2v) is 9.56. The molecule has 0 saturated heterocycles. The van der Waals surface area contributed by atoms with Crippen LogP contribution in [0.5, 0.6) is 0 Å². The minimum Gasteiger partial charge on any atom is -0.274 e. The summed E-state index contributed by atoms with van der Waals surface area (Å²) >= 11 is 13.3. The third kappa shape index (κ3) is 3.61. The highest BCUT2D eigenvalue weighted by Gasteiger charge is 2.61. The molecule has 0 bridgehead atoms. The summed E-state index contributed by atoms with van der Waals surface area (Å²) in [6.07, 6.45) is 1.78. The number of rotatable bonds is 5. The van der Waals surface area contributed by atoms with E-state index in [1.165, 1.54) is 5.56 Å². The van der Waals surface area contributed by atoms with Gasteiger partial charge in [0.25, 0.3) is 0 Å². The molecule has 2 atom stereocenters. The van der Waals surface area contributed by atoms with Crippen LogP contribution in [-0.2, 0) is 5.75 Å². The second-order valence-electron chi connectivity index (χ2n) is 7.61. The molecule has 1 fully saturated rings. The van der Waals surface area contributed by atoms with Crippen molar-refractivity contribution >= 4 is 51.9 Å². The zero-order chi connectivity index (χ0) is 19.9. The van der Waals surface area contributed by atoms with Gasteiger partial charge in [0, 0.05) is 5.75 Å². The Bertz CT molecular complexity index is 1050. The van der Waals surface area contributed by atoms with Gasteiger partial charge in [-0.3, -0.25) is 9.36 Å². The van der Waals surface area contributed by atoms with E-state index in [9.17, 15) is 4.79 Å². The van der Waals surface area contributed by atoms with Crippen molar-refractivity contribution in [2.24, 2.45) is 17.3 Å². The number of benzene rings is 2. The lowest BCUT2D eigenvalue weighted by Crippen LogP contribution is -2.17. The van der Waals surface area contributed by atoms with Gasteiger partial charge in [-0.05, 0) is 35.1 Å². The van der Waals surface area contributed by atoms with Gasteiger partial charge in [0.2, 0.25) is 5.91 Å².